The zero-order valence-corrected chi connectivity index (χ0v) is 20.3. The van der Waals surface area contributed by atoms with Crippen molar-refractivity contribution in [1.82, 2.24) is 14.9 Å². The van der Waals surface area contributed by atoms with Crippen LogP contribution in [-0.4, -0.2) is 68.6 Å². The van der Waals surface area contributed by atoms with Gasteiger partial charge in [-0.15, -0.1) is 0 Å². The van der Waals surface area contributed by atoms with Crippen LogP contribution in [0.3, 0.4) is 0 Å². The number of alkyl halides is 1. The molecular formula is C23H29FN4O5S. The van der Waals surface area contributed by atoms with E-state index in [0.717, 1.165) is 25.5 Å². The Kier molecular flexibility index (Phi) is 6.66. The number of hydrogen-bond donors (Lipinski definition) is 1. The number of carbonyl (C=O) groups excluding carboxylic acids is 1. The first kappa shape index (κ1) is 24.2. The fourth-order valence-electron chi connectivity index (χ4n) is 4.66. The molecule has 0 bridgehead atoms. The topological polar surface area (TPSA) is 111 Å². The van der Waals surface area contributed by atoms with Crippen molar-refractivity contribution in [3.05, 3.63) is 46.8 Å². The van der Waals surface area contributed by atoms with E-state index in [4.69, 9.17) is 9.47 Å². The van der Waals surface area contributed by atoms with E-state index in [1.54, 1.807) is 11.8 Å². The van der Waals surface area contributed by atoms with Crippen molar-refractivity contribution in [3.63, 3.8) is 0 Å². The summed E-state index contributed by atoms with van der Waals surface area (Å²) in [5, 5.41) is 2.95. The van der Waals surface area contributed by atoms with Gasteiger partial charge in [-0.1, -0.05) is 0 Å². The van der Waals surface area contributed by atoms with Crippen LogP contribution in [0.15, 0.2) is 41.2 Å². The molecule has 0 radical (unpaired) electrons. The van der Waals surface area contributed by atoms with Crippen LogP contribution in [0.2, 0.25) is 0 Å². The van der Waals surface area contributed by atoms with Gasteiger partial charge < -0.3 is 19.7 Å². The van der Waals surface area contributed by atoms with Crippen LogP contribution in [0.25, 0.3) is 0 Å². The van der Waals surface area contributed by atoms with Gasteiger partial charge in [-0.05, 0) is 56.4 Å². The first-order valence-corrected chi connectivity index (χ1v) is 13.0. The second kappa shape index (κ2) is 9.36. The van der Waals surface area contributed by atoms with Crippen LogP contribution in [0.4, 0.5) is 15.0 Å². The molecule has 1 aromatic heterocycles. The predicted molar refractivity (Wildman–Crippen MR) is 125 cm³/mol. The fraction of sp³-hybridized carbons (Fsp3) is 0.522. The number of halogens is 1. The number of ether oxygens (including phenoxy) is 2. The normalized spacial score (nSPS) is 26.4. The number of rotatable bonds is 6. The standard InChI is InChI=1S/C23H29FN4O5S/c1-15-20(27-19-7-5-17(34(3,30)31)4-6-18(19)24)25-14-26-21(15)33-13-23-9-8-16(23)12-28(11-10-23)22(29)32-2/h4-7,14,16,18H,8-13H2,1-3H3,(H,25,26,27). The molecule has 0 aromatic carbocycles. The molecule has 3 unspecified atom stereocenters. The molecule has 4 rings (SSSR count). The minimum Gasteiger partial charge on any atom is -0.477 e. The number of allylic oxidation sites excluding steroid dienone is 4. The number of carbonyl (C=O) groups is 1. The maximum atomic E-state index is 14.6. The number of sulfone groups is 1. The van der Waals surface area contributed by atoms with E-state index in [9.17, 15) is 17.6 Å². The van der Waals surface area contributed by atoms with Gasteiger partial charge in [0.2, 0.25) is 5.88 Å². The first-order valence-electron chi connectivity index (χ1n) is 11.1. The second-order valence-electron chi connectivity index (χ2n) is 9.05. The van der Waals surface area contributed by atoms with E-state index < -0.39 is 16.0 Å². The van der Waals surface area contributed by atoms with Crippen LogP contribution in [-0.2, 0) is 14.6 Å². The molecule has 11 heteroatoms. The summed E-state index contributed by atoms with van der Waals surface area (Å²) in [6.45, 7) is 3.55. The number of fused-ring (bicyclic) bond motifs is 1. The lowest BCUT2D eigenvalue weighted by molar-refractivity contribution is -0.0740. The number of amides is 1. The largest absolute Gasteiger partial charge is 0.477 e. The van der Waals surface area contributed by atoms with Crippen LogP contribution in [0, 0.1) is 18.3 Å². The molecule has 1 N–H and O–H groups in total. The summed E-state index contributed by atoms with van der Waals surface area (Å²) in [6, 6.07) is 0. The van der Waals surface area contributed by atoms with E-state index in [2.05, 4.69) is 15.3 Å². The second-order valence-corrected chi connectivity index (χ2v) is 11.1. The SMILES string of the molecule is COC(=O)N1CCC2(COc3ncnc(NC4=CC=C(S(C)(=O)=O)C=CC4F)c3C)CCC2C1. The Morgan fingerprint density at radius 1 is 1.32 bits per heavy atom. The van der Waals surface area contributed by atoms with Crippen molar-refractivity contribution in [3.8, 4) is 5.88 Å². The van der Waals surface area contributed by atoms with Crippen molar-refractivity contribution in [1.29, 1.82) is 0 Å². The number of nitrogens with zero attached hydrogens (tertiary/aromatic N) is 3. The maximum absolute atomic E-state index is 14.6. The number of nitrogens with one attached hydrogen (secondary N) is 1. The van der Waals surface area contributed by atoms with Gasteiger partial charge in [0.25, 0.3) is 0 Å². The molecule has 1 aromatic rings. The third kappa shape index (κ3) is 4.79. The number of piperidine rings is 1. The zero-order chi connectivity index (χ0) is 24.5. The van der Waals surface area contributed by atoms with E-state index in [1.165, 1.54) is 37.7 Å². The molecule has 1 amide bonds. The van der Waals surface area contributed by atoms with Crippen molar-refractivity contribution in [2.45, 2.75) is 32.4 Å². The third-order valence-corrected chi connectivity index (χ3v) is 8.12. The van der Waals surface area contributed by atoms with Crippen molar-refractivity contribution >= 4 is 21.7 Å². The summed E-state index contributed by atoms with van der Waals surface area (Å²) in [7, 11) is -2.06. The van der Waals surface area contributed by atoms with Gasteiger partial charge in [-0.3, -0.25) is 0 Å². The Bertz CT molecular complexity index is 1170. The van der Waals surface area contributed by atoms with Gasteiger partial charge >= 0.3 is 6.09 Å². The molecule has 9 nitrogen and oxygen atoms in total. The lowest BCUT2D eigenvalue weighted by Crippen LogP contribution is -2.57. The average molecular weight is 493 g/mol. The minimum absolute atomic E-state index is 0.000979. The van der Waals surface area contributed by atoms with Gasteiger partial charge in [0.05, 0.1) is 29.9 Å². The lowest BCUT2D eigenvalue weighted by atomic mass is 9.57. The van der Waals surface area contributed by atoms with Crippen molar-refractivity contribution in [2.24, 2.45) is 11.3 Å². The lowest BCUT2D eigenvalue weighted by Gasteiger charge is -2.54. The van der Waals surface area contributed by atoms with Gasteiger partial charge in [0, 0.05) is 24.8 Å². The third-order valence-electron chi connectivity index (χ3n) is 6.99. The summed E-state index contributed by atoms with van der Waals surface area (Å²) < 4.78 is 49.2. The Morgan fingerprint density at radius 2 is 2.12 bits per heavy atom. The molecule has 3 aliphatic rings. The molecule has 184 valence electrons. The summed E-state index contributed by atoms with van der Waals surface area (Å²) in [6.07, 6.45) is 8.70. The minimum atomic E-state index is -3.46. The summed E-state index contributed by atoms with van der Waals surface area (Å²) >= 11 is 0. The number of aromatic nitrogens is 2. The maximum Gasteiger partial charge on any atom is 0.409 e. The van der Waals surface area contributed by atoms with E-state index in [-0.39, 0.29) is 22.1 Å². The van der Waals surface area contributed by atoms with Crippen LogP contribution < -0.4 is 10.1 Å². The van der Waals surface area contributed by atoms with Gasteiger partial charge in [0.1, 0.15) is 12.1 Å². The highest BCUT2D eigenvalue weighted by atomic mass is 32.2. The number of methoxy groups -OCH3 is 1. The molecule has 2 aliphatic carbocycles. The Labute approximate surface area is 198 Å². The highest BCUT2D eigenvalue weighted by Gasteiger charge is 2.51. The van der Waals surface area contributed by atoms with E-state index in [0.29, 0.717) is 42.9 Å². The molecule has 1 saturated carbocycles. The van der Waals surface area contributed by atoms with Crippen molar-refractivity contribution < 1.29 is 27.1 Å². The number of anilines is 1. The molecule has 1 aliphatic heterocycles. The van der Waals surface area contributed by atoms with Gasteiger partial charge in [-0.25, -0.2) is 27.6 Å². The van der Waals surface area contributed by atoms with Gasteiger partial charge in [0.15, 0.2) is 16.0 Å². The molecule has 0 spiro atoms. The quantitative estimate of drug-likeness (QED) is 0.645. The summed E-state index contributed by atoms with van der Waals surface area (Å²) in [5.41, 5.74) is 0.784. The molecule has 3 atom stereocenters. The summed E-state index contributed by atoms with van der Waals surface area (Å²) in [5.74, 6) is 1.14. The fourth-order valence-corrected chi connectivity index (χ4v) is 5.30. The average Bonchev–Trinajstić information content (AvgIpc) is 2.97. The van der Waals surface area contributed by atoms with E-state index >= 15 is 0 Å². The predicted octanol–water partition coefficient (Wildman–Crippen LogP) is 3.16. The van der Waals surface area contributed by atoms with Crippen LogP contribution in [0.1, 0.15) is 24.8 Å². The van der Waals surface area contributed by atoms with Crippen molar-refractivity contribution in [2.75, 3.05) is 38.4 Å². The zero-order valence-electron chi connectivity index (χ0n) is 19.5. The molecule has 34 heavy (non-hydrogen) atoms. The highest BCUT2D eigenvalue weighted by Crippen LogP contribution is 2.52. The van der Waals surface area contributed by atoms with Gasteiger partial charge in [-0.2, -0.15) is 0 Å². The molecular weight excluding hydrogens is 463 g/mol. The van der Waals surface area contributed by atoms with E-state index in [1.807, 2.05) is 0 Å². The highest BCUT2D eigenvalue weighted by molar-refractivity contribution is 7.94. The first-order chi connectivity index (χ1) is 16.1. The van der Waals surface area contributed by atoms with Crippen LogP contribution >= 0.6 is 0 Å². The number of hydrogen-bond acceptors (Lipinski definition) is 8. The number of likely N-dealkylation sites (tertiary alicyclic amines) is 1. The summed E-state index contributed by atoms with van der Waals surface area (Å²) in [4.78, 5) is 22.1. The Balaban J connectivity index is 1.45. The Morgan fingerprint density at radius 3 is 2.76 bits per heavy atom. The molecule has 1 saturated heterocycles. The molecule has 2 heterocycles. The Hall–Kier alpha value is -2.95. The smallest absolute Gasteiger partial charge is 0.409 e. The molecule has 2 fully saturated rings. The monoisotopic (exact) mass is 492 g/mol. The van der Waals surface area contributed by atoms with Crippen LogP contribution in [0.5, 0.6) is 5.88 Å².